The van der Waals surface area contributed by atoms with E-state index < -0.39 is 0 Å². The van der Waals surface area contributed by atoms with Crippen molar-refractivity contribution < 1.29 is 0 Å². The van der Waals surface area contributed by atoms with Gasteiger partial charge in [0.05, 0.1) is 5.69 Å². The van der Waals surface area contributed by atoms with Crippen LogP contribution >= 0.6 is 11.6 Å². The van der Waals surface area contributed by atoms with Gasteiger partial charge in [-0.15, -0.1) is 6.58 Å². The van der Waals surface area contributed by atoms with Crippen LogP contribution in [0.2, 0.25) is 5.15 Å². The largest absolute Gasteiger partial charge is 0.396 e. The molecule has 1 atom stereocenters. The highest BCUT2D eigenvalue weighted by Crippen LogP contribution is 2.19. The van der Waals surface area contributed by atoms with Gasteiger partial charge in [-0.1, -0.05) is 17.7 Å². The Morgan fingerprint density at radius 1 is 1.71 bits per heavy atom. The first-order chi connectivity index (χ1) is 6.63. The highest BCUT2D eigenvalue weighted by Gasteiger charge is 2.04. The molecule has 76 valence electrons. The van der Waals surface area contributed by atoms with E-state index in [1.54, 1.807) is 12.1 Å². The summed E-state index contributed by atoms with van der Waals surface area (Å²) in [7, 11) is 0. The summed E-state index contributed by atoms with van der Waals surface area (Å²) in [6, 6.07) is 3.65. The van der Waals surface area contributed by atoms with Gasteiger partial charge in [-0.05, 0) is 25.5 Å². The smallest absolute Gasteiger partial charge is 0.151 e. The van der Waals surface area contributed by atoms with Crippen LogP contribution in [0.1, 0.15) is 13.3 Å². The predicted octanol–water partition coefficient (Wildman–Crippen LogP) is 2.69. The van der Waals surface area contributed by atoms with Crippen LogP contribution in [-0.2, 0) is 0 Å². The molecule has 0 fully saturated rings. The van der Waals surface area contributed by atoms with E-state index in [0.29, 0.717) is 16.7 Å². The van der Waals surface area contributed by atoms with Crippen molar-refractivity contribution in [3.63, 3.8) is 0 Å². The Bertz CT molecular complexity index is 325. The number of rotatable bonds is 4. The van der Waals surface area contributed by atoms with Crippen molar-refractivity contribution in [2.75, 3.05) is 11.1 Å². The van der Waals surface area contributed by atoms with Crippen molar-refractivity contribution >= 4 is 23.1 Å². The van der Waals surface area contributed by atoms with Crippen LogP contribution in [0.3, 0.4) is 0 Å². The molecule has 1 rings (SSSR count). The minimum atomic E-state index is 0.251. The van der Waals surface area contributed by atoms with Gasteiger partial charge in [-0.2, -0.15) is 0 Å². The maximum Gasteiger partial charge on any atom is 0.151 e. The first-order valence-corrected chi connectivity index (χ1v) is 4.80. The molecule has 0 radical (unpaired) electrons. The van der Waals surface area contributed by atoms with Crippen molar-refractivity contribution in [2.45, 2.75) is 19.4 Å². The first kappa shape index (κ1) is 10.9. The number of hydrogen-bond donors (Lipinski definition) is 2. The Hall–Kier alpha value is -1.22. The van der Waals surface area contributed by atoms with E-state index in [1.165, 1.54) is 0 Å². The lowest BCUT2D eigenvalue weighted by Crippen LogP contribution is -2.16. The summed E-state index contributed by atoms with van der Waals surface area (Å²) in [5, 5.41) is 3.60. The zero-order valence-corrected chi connectivity index (χ0v) is 8.88. The molecule has 1 heterocycles. The maximum absolute atomic E-state index is 5.75. The molecular formula is C10H14ClN3. The van der Waals surface area contributed by atoms with E-state index in [9.17, 15) is 0 Å². The zero-order valence-electron chi connectivity index (χ0n) is 8.13. The van der Waals surface area contributed by atoms with Gasteiger partial charge in [0.2, 0.25) is 0 Å². The van der Waals surface area contributed by atoms with Crippen LogP contribution in [0.4, 0.5) is 11.5 Å². The average Bonchev–Trinajstić information content (AvgIpc) is 2.12. The third kappa shape index (κ3) is 2.92. The van der Waals surface area contributed by atoms with Gasteiger partial charge in [0.15, 0.2) is 5.82 Å². The Morgan fingerprint density at radius 2 is 2.43 bits per heavy atom. The number of pyridine rings is 1. The molecule has 3 nitrogen and oxygen atoms in total. The van der Waals surface area contributed by atoms with Crippen LogP contribution in [0.15, 0.2) is 24.8 Å². The molecule has 0 saturated carbocycles. The molecule has 4 heteroatoms. The number of nitrogens with zero attached hydrogens (tertiary/aromatic N) is 1. The Morgan fingerprint density at radius 3 is 3.07 bits per heavy atom. The number of nitrogens with two attached hydrogens (primary N) is 1. The monoisotopic (exact) mass is 211 g/mol. The molecule has 14 heavy (non-hydrogen) atoms. The van der Waals surface area contributed by atoms with Crippen molar-refractivity contribution in [3.8, 4) is 0 Å². The summed E-state index contributed by atoms with van der Waals surface area (Å²) in [5.41, 5.74) is 6.33. The molecule has 0 spiro atoms. The fraction of sp³-hybridized carbons (Fsp3) is 0.300. The maximum atomic E-state index is 5.75. The fourth-order valence-electron chi connectivity index (χ4n) is 1.10. The molecule has 1 aromatic rings. The number of nitrogens with one attached hydrogen (secondary N) is 1. The van der Waals surface area contributed by atoms with Crippen molar-refractivity contribution in [3.05, 3.63) is 29.9 Å². The normalized spacial score (nSPS) is 12.1. The number of aromatic nitrogens is 1. The van der Waals surface area contributed by atoms with Gasteiger partial charge >= 0.3 is 0 Å². The van der Waals surface area contributed by atoms with E-state index in [2.05, 4.69) is 16.9 Å². The summed E-state index contributed by atoms with van der Waals surface area (Å²) in [6.07, 6.45) is 2.70. The van der Waals surface area contributed by atoms with E-state index in [-0.39, 0.29) is 6.04 Å². The van der Waals surface area contributed by atoms with Crippen molar-refractivity contribution in [2.24, 2.45) is 0 Å². The molecule has 3 N–H and O–H groups in total. The minimum absolute atomic E-state index is 0.251. The predicted molar refractivity (Wildman–Crippen MR) is 61.6 cm³/mol. The third-order valence-corrected chi connectivity index (χ3v) is 2.01. The van der Waals surface area contributed by atoms with E-state index >= 15 is 0 Å². The molecule has 0 aromatic carbocycles. The molecular weight excluding hydrogens is 198 g/mol. The highest BCUT2D eigenvalue weighted by molar-refractivity contribution is 6.29. The van der Waals surface area contributed by atoms with Crippen molar-refractivity contribution in [1.82, 2.24) is 4.98 Å². The van der Waals surface area contributed by atoms with Gasteiger partial charge in [-0.25, -0.2) is 4.98 Å². The van der Waals surface area contributed by atoms with Gasteiger partial charge in [-0.3, -0.25) is 0 Å². The quantitative estimate of drug-likeness (QED) is 0.595. The summed E-state index contributed by atoms with van der Waals surface area (Å²) in [4.78, 5) is 4.09. The Kier molecular flexibility index (Phi) is 3.77. The average molecular weight is 212 g/mol. The number of nitrogen functional groups attached to an aromatic ring is 1. The van der Waals surface area contributed by atoms with E-state index in [4.69, 9.17) is 17.3 Å². The summed E-state index contributed by atoms with van der Waals surface area (Å²) in [6.45, 7) is 5.70. The molecule has 1 aromatic heterocycles. The lowest BCUT2D eigenvalue weighted by atomic mass is 10.2. The first-order valence-electron chi connectivity index (χ1n) is 4.43. The van der Waals surface area contributed by atoms with Gasteiger partial charge in [0, 0.05) is 6.04 Å². The highest BCUT2D eigenvalue weighted by atomic mass is 35.5. The third-order valence-electron chi connectivity index (χ3n) is 1.80. The minimum Gasteiger partial charge on any atom is -0.396 e. The second kappa shape index (κ2) is 4.86. The Labute approximate surface area is 89.0 Å². The van der Waals surface area contributed by atoms with Gasteiger partial charge in [0.1, 0.15) is 5.15 Å². The van der Waals surface area contributed by atoms with Crippen LogP contribution in [0.5, 0.6) is 0 Å². The summed E-state index contributed by atoms with van der Waals surface area (Å²) in [5.74, 6) is 0.631. The Balaban J connectivity index is 2.74. The summed E-state index contributed by atoms with van der Waals surface area (Å²) >= 11 is 5.75. The fourth-order valence-corrected chi connectivity index (χ4v) is 1.25. The van der Waals surface area contributed by atoms with Crippen LogP contribution in [-0.4, -0.2) is 11.0 Å². The molecule has 0 saturated heterocycles. The second-order valence-corrected chi connectivity index (χ2v) is 3.53. The van der Waals surface area contributed by atoms with Gasteiger partial charge < -0.3 is 11.1 Å². The SMILES string of the molecule is C=CCC(C)Nc1nc(Cl)ccc1N. The zero-order chi connectivity index (χ0) is 10.6. The molecule has 0 aliphatic carbocycles. The van der Waals surface area contributed by atoms with E-state index in [0.717, 1.165) is 6.42 Å². The molecule has 1 unspecified atom stereocenters. The molecule has 0 aliphatic rings. The standard InChI is InChI=1S/C10H14ClN3/c1-3-4-7(2)13-10-8(12)5-6-9(11)14-10/h3,5-7H,1,4,12H2,2H3,(H,13,14). The number of halogens is 1. The van der Waals surface area contributed by atoms with E-state index in [1.807, 2.05) is 13.0 Å². The van der Waals surface area contributed by atoms with Crippen LogP contribution < -0.4 is 11.1 Å². The summed E-state index contributed by atoms with van der Waals surface area (Å²) < 4.78 is 0. The van der Waals surface area contributed by atoms with Crippen LogP contribution in [0, 0.1) is 0 Å². The molecule has 0 bridgehead atoms. The number of hydrogen-bond acceptors (Lipinski definition) is 3. The topological polar surface area (TPSA) is 50.9 Å². The lowest BCUT2D eigenvalue weighted by molar-refractivity contribution is 0.808. The van der Waals surface area contributed by atoms with Crippen LogP contribution in [0.25, 0.3) is 0 Å². The number of anilines is 2. The second-order valence-electron chi connectivity index (χ2n) is 3.14. The van der Waals surface area contributed by atoms with Crippen molar-refractivity contribution in [1.29, 1.82) is 0 Å². The molecule has 0 aliphatic heterocycles. The lowest BCUT2D eigenvalue weighted by Gasteiger charge is -2.13. The van der Waals surface area contributed by atoms with Gasteiger partial charge in [0.25, 0.3) is 0 Å². The molecule has 0 amide bonds.